The summed E-state index contributed by atoms with van der Waals surface area (Å²) in [6, 6.07) is -0.274. The van der Waals surface area contributed by atoms with Gasteiger partial charge in [-0.25, -0.2) is 9.59 Å². The maximum absolute atomic E-state index is 11.7. The van der Waals surface area contributed by atoms with Gasteiger partial charge in [0.05, 0.1) is 12.2 Å². The molecule has 1 N–H and O–H groups in total. The second-order valence-electron chi connectivity index (χ2n) is 3.73. The Morgan fingerprint density at radius 3 is 3.29 bits per heavy atom. The number of nitrogens with zero attached hydrogens (tertiary/aromatic N) is 3. The lowest BCUT2D eigenvalue weighted by Crippen LogP contribution is -2.42. The van der Waals surface area contributed by atoms with Crippen molar-refractivity contribution in [1.82, 2.24) is 15.4 Å². The number of hydrogen-bond acceptors (Lipinski definition) is 5. The molecule has 1 aliphatic rings. The minimum Gasteiger partial charge on any atom is -0.359 e. The minimum atomic E-state index is -0.274. The summed E-state index contributed by atoms with van der Waals surface area (Å²) in [6.07, 6.45) is 2.09. The molecule has 0 radical (unpaired) electrons. The van der Waals surface area contributed by atoms with E-state index in [1.807, 2.05) is 6.92 Å². The molecule has 0 spiro atoms. The number of amides is 2. The molecule has 0 atom stereocenters. The SMILES string of the molecule is Cc1noc2c1CCN(C(=O)NCN=C=O)C2. The van der Waals surface area contributed by atoms with Crippen LogP contribution >= 0.6 is 0 Å². The average Bonchev–Trinajstić information content (AvgIpc) is 2.71. The average molecular weight is 236 g/mol. The summed E-state index contributed by atoms with van der Waals surface area (Å²) >= 11 is 0. The molecule has 7 nitrogen and oxygen atoms in total. The number of aromatic nitrogens is 1. The second kappa shape index (κ2) is 4.80. The summed E-state index contributed by atoms with van der Waals surface area (Å²) in [5.74, 6) is 0.725. The number of fused-ring (bicyclic) bond motifs is 1. The fraction of sp³-hybridized carbons (Fsp3) is 0.500. The van der Waals surface area contributed by atoms with Crippen molar-refractivity contribution in [2.75, 3.05) is 13.2 Å². The third-order valence-corrected chi connectivity index (χ3v) is 2.69. The molecule has 90 valence electrons. The van der Waals surface area contributed by atoms with E-state index < -0.39 is 0 Å². The highest BCUT2D eigenvalue weighted by Crippen LogP contribution is 2.21. The van der Waals surface area contributed by atoms with Gasteiger partial charge in [-0.05, 0) is 13.3 Å². The van der Waals surface area contributed by atoms with E-state index >= 15 is 0 Å². The van der Waals surface area contributed by atoms with Gasteiger partial charge in [-0.3, -0.25) is 0 Å². The smallest absolute Gasteiger partial charge is 0.319 e. The predicted octanol–water partition coefficient (Wildman–Crippen LogP) is 0.344. The molecule has 7 heteroatoms. The molecule has 2 heterocycles. The van der Waals surface area contributed by atoms with Crippen LogP contribution in [-0.2, 0) is 17.8 Å². The quantitative estimate of drug-likeness (QED) is 0.592. The Hall–Kier alpha value is -2.14. The van der Waals surface area contributed by atoms with Crippen molar-refractivity contribution in [2.45, 2.75) is 19.9 Å². The summed E-state index contributed by atoms with van der Waals surface area (Å²) in [6.45, 7) is 2.83. The molecule has 1 aliphatic heterocycles. The Morgan fingerprint density at radius 2 is 2.53 bits per heavy atom. The Bertz CT molecular complexity index is 476. The van der Waals surface area contributed by atoms with Crippen LogP contribution in [0.2, 0.25) is 0 Å². The van der Waals surface area contributed by atoms with Gasteiger partial charge in [0.15, 0.2) is 5.76 Å². The highest BCUT2D eigenvalue weighted by molar-refractivity contribution is 5.74. The molecule has 0 saturated carbocycles. The first-order valence-corrected chi connectivity index (χ1v) is 5.23. The maximum atomic E-state index is 11.7. The van der Waals surface area contributed by atoms with Gasteiger partial charge in [0.2, 0.25) is 6.08 Å². The van der Waals surface area contributed by atoms with Crippen LogP contribution in [0, 0.1) is 6.92 Å². The van der Waals surface area contributed by atoms with Crippen LogP contribution in [0.3, 0.4) is 0 Å². The Labute approximate surface area is 97.5 Å². The standard InChI is InChI=1S/C10H12N4O3/c1-7-8-2-3-14(4-9(8)17-13-7)10(16)12-5-11-6-15/h2-5H2,1H3,(H,12,16). The molecule has 0 aromatic carbocycles. The van der Waals surface area contributed by atoms with Crippen LogP contribution < -0.4 is 5.32 Å². The number of rotatable bonds is 2. The number of aryl methyl sites for hydroxylation is 1. The van der Waals surface area contributed by atoms with Gasteiger partial charge in [-0.15, -0.1) is 0 Å². The Kier molecular flexibility index (Phi) is 3.20. The monoisotopic (exact) mass is 236 g/mol. The molecule has 0 saturated heterocycles. The summed E-state index contributed by atoms with van der Waals surface area (Å²) in [5, 5.41) is 6.35. The molecular formula is C10H12N4O3. The van der Waals surface area contributed by atoms with Crippen LogP contribution in [-0.4, -0.2) is 35.4 Å². The number of carbonyl (C=O) groups is 1. The van der Waals surface area contributed by atoms with Crippen molar-refractivity contribution in [3.63, 3.8) is 0 Å². The fourth-order valence-electron chi connectivity index (χ4n) is 1.80. The van der Waals surface area contributed by atoms with E-state index in [9.17, 15) is 9.59 Å². The molecule has 1 aromatic heterocycles. The number of isocyanates is 1. The molecule has 0 aliphatic carbocycles. The van der Waals surface area contributed by atoms with Crippen molar-refractivity contribution >= 4 is 12.1 Å². The Balaban J connectivity index is 1.97. The van der Waals surface area contributed by atoms with Gasteiger partial charge >= 0.3 is 6.03 Å². The van der Waals surface area contributed by atoms with Gasteiger partial charge in [0.25, 0.3) is 0 Å². The zero-order valence-electron chi connectivity index (χ0n) is 9.39. The Morgan fingerprint density at radius 1 is 1.71 bits per heavy atom. The van der Waals surface area contributed by atoms with Crippen LogP contribution in [0.5, 0.6) is 0 Å². The van der Waals surface area contributed by atoms with Gasteiger partial charge in [0.1, 0.15) is 6.67 Å². The van der Waals surface area contributed by atoms with Crippen molar-refractivity contribution in [1.29, 1.82) is 0 Å². The van der Waals surface area contributed by atoms with Crippen molar-refractivity contribution in [2.24, 2.45) is 4.99 Å². The lowest BCUT2D eigenvalue weighted by Gasteiger charge is -2.25. The summed E-state index contributed by atoms with van der Waals surface area (Å²) < 4.78 is 5.14. The lowest BCUT2D eigenvalue weighted by molar-refractivity contribution is 0.183. The topological polar surface area (TPSA) is 87.8 Å². The van der Waals surface area contributed by atoms with E-state index in [1.54, 1.807) is 4.90 Å². The van der Waals surface area contributed by atoms with E-state index in [0.717, 1.165) is 23.4 Å². The first-order valence-electron chi connectivity index (χ1n) is 5.23. The molecule has 0 fully saturated rings. The zero-order valence-corrected chi connectivity index (χ0v) is 9.39. The maximum Gasteiger partial charge on any atom is 0.319 e. The largest absolute Gasteiger partial charge is 0.359 e. The minimum absolute atomic E-state index is 0.0544. The van der Waals surface area contributed by atoms with Crippen molar-refractivity contribution < 1.29 is 14.1 Å². The lowest BCUT2D eigenvalue weighted by atomic mass is 10.1. The highest BCUT2D eigenvalue weighted by atomic mass is 16.5. The summed E-state index contributed by atoms with van der Waals surface area (Å²) in [7, 11) is 0. The van der Waals surface area contributed by atoms with E-state index in [4.69, 9.17) is 4.52 Å². The van der Waals surface area contributed by atoms with E-state index in [2.05, 4.69) is 15.5 Å². The van der Waals surface area contributed by atoms with E-state index in [-0.39, 0.29) is 12.7 Å². The molecular weight excluding hydrogens is 224 g/mol. The predicted molar refractivity (Wildman–Crippen MR) is 56.9 cm³/mol. The van der Waals surface area contributed by atoms with Gasteiger partial charge in [-0.1, -0.05) is 5.16 Å². The number of carbonyl (C=O) groups excluding carboxylic acids is 2. The highest BCUT2D eigenvalue weighted by Gasteiger charge is 2.25. The summed E-state index contributed by atoms with van der Waals surface area (Å²) in [5.41, 5.74) is 1.96. The van der Waals surface area contributed by atoms with E-state index in [0.29, 0.717) is 13.1 Å². The van der Waals surface area contributed by atoms with E-state index in [1.165, 1.54) is 6.08 Å². The first-order chi connectivity index (χ1) is 8.22. The zero-order chi connectivity index (χ0) is 12.3. The van der Waals surface area contributed by atoms with Crippen LogP contribution in [0.15, 0.2) is 9.52 Å². The number of nitrogens with one attached hydrogen (secondary N) is 1. The molecule has 2 amide bonds. The second-order valence-corrected chi connectivity index (χ2v) is 3.73. The van der Waals surface area contributed by atoms with Crippen LogP contribution in [0.25, 0.3) is 0 Å². The fourth-order valence-corrected chi connectivity index (χ4v) is 1.80. The van der Waals surface area contributed by atoms with Crippen molar-refractivity contribution in [3.8, 4) is 0 Å². The van der Waals surface area contributed by atoms with Crippen molar-refractivity contribution in [3.05, 3.63) is 17.0 Å². The molecule has 2 rings (SSSR count). The van der Waals surface area contributed by atoms with Gasteiger partial charge < -0.3 is 14.7 Å². The van der Waals surface area contributed by atoms with Gasteiger partial charge in [-0.2, -0.15) is 4.99 Å². The molecule has 1 aromatic rings. The van der Waals surface area contributed by atoms with Crippen LogP contribution in [0.1, 0.15) is 17.0 Å². The van der Waals surface area contributed by atoms with Crippen LogP contribution in [0.4, 0.5) is 4.79 Å². The third-order valence-electron chi connectivity index (χ3n) is 2.69. The first kappa shape index (κ1) is 11.3. The summed E-state index contributed by atoms with van der Waals surface area (Å²) in [4.78, 5) is 26.3. The number of hydrogen-bond donors (Lipinski definition) is 1. The molecule has 17 heavy (non-hydrogen) atoms. The number of aliphatic imine (C=N–C) groups is 1. The number of urea groups is 1. The van der Waals surface area contributed by atoms with Gasteiger partial charge in [0, 0.05) is 12.1 Å². The molecule has 0 bridgehead atoms. The third kappa shape index (κ3) is 2.34. The molecule has 0 unspecified atom stereocenters. The normalized spacial score (nSPS) is 13.8.